The summed E-state index contributed by atoms with van der Waals surface area (Å²) in [7, 11) is 0. The third-order valence-electron chi connectivity index (χ3n) is 3.96. The van der Waals surface area contributed by atoms with Gasteiger partial charge in [0.25, 0.3) is 5.91 Å². The summed E-state index contributed by atoms with van der Waals surface area (Å²) in [5, 5.41) is 3.60. The summed E-state index contributed by atoms with van der Waals surface area (Å²) in [4.78, 5) is 20.5. The van der Waals surface area contributed by atoms with E-state index in [9.17, 15) is 4.79 Å². The van der Waals surface area contributed by atoms with Crippen LogP contribution in [-0.4, -0.2) is 22.5 Å². The Hall–Kier alpha value is -2.47. The first kappa shape index (κ1) is 18.3. The quantitative estimate of drug-likeness (QED) is 0.606. The molecule has 0 radical (unpaired) electrons. The van der Waals surface area contributed by atoms with Crippen LogP contribution < -0.4 is 10.1 Å². The maximum atomic E-state index is 12.2. The second kappa shape index (κ2) is 8.76. The number of hydrogen-bond acceptors (Lipinski definition) is 4. The van der Waals surface area contributed by atoms with E-state index >= 15 is 0 Å². The molecule has 6 heteroatoms. The molecule has 3 rings (SSSR count). The molecule has 26 heavy (non-hydrogen) atoms. The van der Waals surface area contributed by atoms with Gasteiger partial charge in [-0.05, 0) is 48.7 Å². The Kier molecular flexibility index (Phi) is 6.17. The zero-order valence-electron chi connectivity index (χ0n) is 14.5. The van der Waals surface area contributed by atoms with Gasteiger partial charge < -0.3 is 10.1 Å². The van der Waals surface area contributed by atoms with Gasteiger partial charge in [-0.3, -0.25) is 4.79 Å². The van der Waals surface area contributed by atoms with Crippen molar-refractivity contribution in [2.24, 2.45) is 0 Å². The van der Waals surface area contributed by atoms with Crippen molar-refractivity contribution in [2.75, 3.05) is 11.9 Å². The molecular formula is C20H20BrN3O2. The number of ether oxygens (including phenoxy) is 1. The van der Waals surface area contributed by atoms with E-state index in [1.54, 1.807) is 0 Å². The number of anilines is 1. The molecule has 0 fully saturated rings. The Morgan fingerprint density at radius 1 is 1.15 bits per heavy atom. The summed E-state index contributed by atoms with van der Waals surface area (Å²) in [5.74, 6) is 0.162. The maximum Gasteiger partial charge on any atom is 0.262 e. The standard InChI is InChI=1S/C20H20BrN3O2/c1-2-3-4-14-5-8-16(9-6-14)24-19(25)12-26-20-17-11-15(21)7-10-18(17)22-13-23-20/h5-11,13H,2-4,12H2,1H3,(H,24,25). The molecular weight excluding hydrogens is 394 g/mol. The van der Waals surface area contributed by atoms with E-state index in [-0.39, 0.29) is 12.5 Å². The van der Waals surface area contributed by atoms with Gasteiger partial charge in [0, 0.05) is 10.2 Å². The molecule has 134 valence electrons. The van der Waals surface area contributed by atoms with Crippen molar-refractivity contribution in [1.29, 1.82) is 0 Å². The first-order valence-corrected chi connectivity index (χ1v) is 9.37. The van der Waals surface area contributed by atoms with Gasteiger partial charge in [0.2, 0.25) is 5.88 Å². The smallest absolute Gasteiger partial charge is 0.262 e. The second-order valence-electron chi connectivity index (χ2n) is 5.98. The highest BCUT2D eigenvalue weighted by Crippen LogP contribution is 2.24. The molecule has 1 aromatic heterocycles. The molecule has 5 nitrogen and oxygen atoms in total. The maximum absolute atomic E-state index is 12.2. The number of benzene rings is 2. The van der Waals surface area contributed by atoms with Crippen LogP contribution in [0.1, 0.15) is 25.3 Å². The van der Waals surface area contributed by atoms with Gasteiger partial charge in [0.15, 0.2) is 6.61 Å². The fourth-order valence-corrected chi connectivity index (χ4v) is 2.95. The van der Waals surface area contributed by atoms with E-state index in [2.05, 4.69) is 38.1 Å². The molecule has 3 aromatic rings. The minimum absolute atomic E-state index is 0.115. The number of rotatable bonds is 7. The van der Waals surface area contributed by atoms with Crippen LogP contribution in [-0.2, 0) is 11.2 Å². The molecule has 0 bridgehead atoms. The van der Waals surface area contributed by atoms with Crippen molar-refractivity contribution in [2.45, 2.75) is 26.2 Å². The number of nitrogens with zero attached hydrogens (tertiary/aromatic N) is 2. The van der Waals surface area contributed by atoms with Crippen LogP contribution in [0.3, 0.4) is 0 Å². The van der Waals surface area contributed by atoms with Gasteiger partial charge in [-0.25, -0.2) is 9.97 Å². The van der Waals surface area contributed by atoms with E-state index in [1.165, 1.54) is 24.7 Å². The third kappa shape index (κ3) is 4.79. The summed E-state index contributed by atoms with van der Waals surface area (Å²) >= 11 is 3.42. The number of amides is 1. The predicted molar refractivity (Wildman–Crippen MR) is 106 cm³/mol. The highest BCUT2D eigenvalue weighted by molar-refractivity contribution is 9.10. The number of aromatic nitrogens is 2. The zero-order valence-corrected chi connectivity index (χ0v) is 16.1. The summed E-state index contributed by atoms with van der Waals surface area (Å²) in [6.45, 7) is 2.06. The Bertz CT molecular complexity index is 897. The number of halogens is 1. The van der Waals surface area contributed by atoms with Crippen LogP contribution in [0.25, 0.3) is 10.9 Å². The lowest BCUT2D eigenvalue weighted by molar-refractivity contribution is -0.118. The largest absolute Gasteiger partial charge is 0.467 e. The minimum Gasteiger partial charge on any atom is -0.467 e. The topological polar surface area (TPSA) is 64.1 Å². The fourth-order valence-electron chi connectivity index (χ4n) is 2.59. The predicted octanol–water partition coefficient (Wildman–Crippen LogP) is 4.75. The molecule has 0 aliphatic rings. The van der Waals surface area contributed by atoms with Gasteiger partial charge in [-0.15, -0.1) is 0 Å². The lowest BCUT2D eigenvalue weighted by Gasteiger charge is -2.09. The zero-order chi connectivity index (χ0) is 18.4. The number of aryl methyl sites for hydroxylation is 1. The van der Waals surface area contributed by atoms with E-state index < -0.39 is 0 Å². The van der Waals surface area contributed by atoms with Gasteiger partial charge >= 0.3 is 0 Å². The molecule has 0 aliphatic heterocycles. The van der Waals surface area contributed by atoms with Crippen molar-refractivity contribution in [1.82, 2.24) is 9.97 Å². The molecule has 0 spiro atoms. The molecule has 1 amide bonds. The summed E-state index contributed by atoms with van der Waals surface area (Å²) in [6.07, 6.45) is 4.83. The lowest BCUT2D eigenvalue weighted by Crippen LogP contribution is -2.20. The Morgan fingerprint density at radius 3 is 2.73 bits per heavy atom. The molecule has 0 aliphatic carbocycles. The second-order valence-corrected chi connectivity index (χ2v) is 6.89. The van der Waals surface area contributed by atoms with Crippen molar-refractivity contribution < 1.29 is 9.53 Å². The van der Waals surface area contributed by atoms with Crippen molar-refractivity contribution in [3.8, 4) is 5.88 Å². The van der Waals surface area contributed by atoms with Crippen molar-refractivity contribution in [3.05, 3.63) is 58.8 Å². The molecule has 2 aromatic carbocycles. The summed E-state index contributed by atoms with van der Waals surface area (Å²) in [5.41, 5.74) is 2.80. The number of carbonyl (C=O) groups excluding carboxylic acids is 1. The number of carbonyl (C=O) groups is 1. The number of fused-ring (bicyclic) bond motifs is 1. The number of nitrogens with one attached hydrogen (secondary N) is 1. The summed E-state index contributed by atoms with van der Waals surface area (Å²) < 4.78 is 6.50. The number of hydrogen-bond donors (Lipinski definition) is 1. The number of unbranched alkanes of at least 4 members (excludes halogenated alkanes) is 1. The van der Waals surface area contributed by atoms with E-state index in [0.717, 1.165) is 27.5 Å². The van der Waals surface area contributed by atoms with Crippen LogP contribution in [0.15, 0.2) is 53.3 Å². The van der Waals surface area contributed by atoms with Crippen LogP contribution in [0.5, 0.6) is 5.88 Å². The average Bonchev–Trinajstić information content (AvgIpc) is 2.66. The van der Waals surface area contributed by atoms with E-state index in [0.29, 0.717) is 5.88 Å². The van der Waals surface area contributed by atoms with Gasteiger partial charge in [0.1, 0.15) is 6.33 Å². The van der Waals surface area contributed by atoms with Crippen molar-refractivity contribution in [3.63, 3.8) is 0 Å². The molecule has 0 atom stereocenters. The Labute approximate surface area is 160 Å². The van der Waals surface area contributed by atoms with Crippen LogP contribution in [0.4, 0.5) is 5.69 Å². The third-order valence-corrected chi connectivity index (χ3v) is 4.45. The molecule has 0 saturated carbocycles. The summed E-state index contributed by atoms with van der Waals surface area (Å²) in [6, 6.07) is 13.6. The molecule has 1 N–H and O–H groups in total. The minimum atomic E-state index is -0.229. The first-order chi connectivity index (χ1) is 12.7. The molecule has 1 heterocycles. The Morgan fingerprint density at radius 2 is 1.96 bits per heavy atom. The van der Waals surface area contributed by atoms with Crippen LogP contribution >= 0.6 is 15.9 Å². The van der Waals surface area contributed by atoms with E-state index in [4.69, 9.17) is 4.74 Å². The van der Waals surface area contributed by atoms with Gasteiger partial charge in [0.05, 0.1) is 10.9 Å². The normalized spacial score (nSPS) is 10.7. The average molecular weight is 414 g/mol. The van der Waals surface area contributed by atoms with Crippen molar-refractivity contribution >= 4 is 38.4 Å². The molecule has 0 unspecified atom stereocenters. The SMILES string of the molecule is CCCCc1ccc(NC(=O)COc2ncnc3ccc(Br)cc23)cc1. The highest BCUT2D eigenvalue weighted by Gasteiger charge is 2.09. The van der Waals surface area contributed by atoms with Crippen LogP contribution in [0.2, 0.25) is 0 Å². The lowest BCUT2D eigenvalue weighted by atomic mass is 10.1. The highest BCUT2D eigenvalue weighted by atomic mass is 79.9. The Balaban J connectivity index is 1.60. The first-order valence-electron chi connectivity index (χ1n) is 8.57. The van der Waals surface area contributed by atoms with Gasteiger partial charge in [-0.2, -0.15) is 0 Å². The molecule has 0 saturated heterocycles. The monoisotopic (exact) mass is 413 g/mol. The van der Waals surface area contributed by atoms with Gasteiger partial charge in [-0.1, -0.05) is 41.4 Å². The van der Waals surface area contributed by atoms with Crippen LogP contribution in [0, 0.1) is 0 Å². The van der Waals surface area contributed by atoms with E-state index in [1.807, 2.05) is 42.5 Å². The fraction of sp³-hybridized carbons (Fsp3) is 0.250.